The number of para-hydroxylation sites is 3. The molecule has 10 aromatic rings. The third kappa shape index (κ3) is 6.26. The van der Waals surface area contributed by atoms with Gasteiger partial charge in [0.2, 0.25) is 0 Å². The molecule has 61 heavy (non-hydrogen) atoms. The van der Waals surface area contributed by atoms with Crippen molar-refractivity contribution in [2.24, 2.45) is 0 Å². The first-order valence-corrected chi connectivity index (χ1v) is 21.3. The van der Waals surface area contributed by atoms with Gasteiger partial charge < -0.3 is 9.47 Å². The highest BCUT2D eigenvalue weighted by molar-refractivity contribution is 6.09. The second-order valence-corrected chi connectivity index (χ2v) is 17.2. The van der Waals surface area contributed by atoms with Crippen LogP contribution in [0, 0.1) is 13.8 Å². The highest BCUT2D eigenvalue weighted by atomic mass is 15.1. The van der Waals surface area contributed by atoms with Crippen LogP contribution in [-0.2, 0) is 5.41 Å². The van der Waals surface area contributed by atoms with Crippen molar-refractivity contribution in [2.45, 2.75) is 33.1 Å². The topological polar surface area (TPSA) is 8.17 Å². The van der Waals surface area contributed by atoms with Gasteiger partial charge in [-0.1, -0.05) is 171 Å². The van der Waals surface area contributed by atoms with Crippen molar-refractivity contribution >= 4 is 38.9 Å². The van der Waals surface area contributed by atoms with E-state index in [1.165, 1.54) is 94.3 Å². The van der Waals surface area contributed by atoms with Gasteiger partial charge in [-0.25, -0.2) is 0 Å². The predicted molar refractivity (Wildman–Crippen MR) is 259 cm³/mol. The van der Waals surface area contributed by atoms with Crippen LogP contribution in [-0.4, -0.2) is 4.57 Å². The Morgan fingerprint density at radius 2 is 0.787 bits per heavy atom. The van der Waals surface area contributed by atoms with E-state index in [2.05, 4.69) is 243 Å². The molecule has 1 aliphatic rings. The lowest BCUT2D eigenvalue weighted by molar-refractivity contribution is 0.660. The average Bonchev–Trinajstić information content (AvgIpc) is 3.74. The van der Waals surface area contributed by atoms with Crippen LogP contribution < -0.4 is 4.90 Å². The summed E-state index contributed by atoms with van der Waals surface area (Å²) in [5.41, 5.74) is 22.1. The number of fused-ring (bicyclic) bond motifs is 6. The highest BCUT2D eigenvalue weighted by Crippen LogP contribution is 2.51. The monoisotopic (exact) mass is 782 g/mol. The largest absolute Gasteiger partial charge is 0.310 e. The van der Waals surface area contributed by atoms with Crippen molar-refractivity contribution < 1.29 is 0 Å². The molecule has 2 nitrogen and oxygen atoms in total. The van der Waals surface area contributed by atoms with Crippen LogP contribution in [0.1, 0.15) is 36.1 Å². The summed E-state index contributed by atoms with van der Waals surface area (Å²) in [6, 6.07) is 76.0. The summed E-state index contributed by atoms with van der Waals surface area (Å²) in [4.78, 5) is 2.39. The lowest BCUT2D eigenvalue weighted by Crippen LogP contribution is -2.17. The van der Waals surface area contributed by atoms with Crippen LogP contribution in [0.25, 0.3) is 72.0 Å². The fourth-order valence-electron chi connectivity index (χ4n) is 9.87. The Labute approximate surface area is 358 Å². The number of rotatable bonds is 7. The van der Waals surface area contributed by atoms with Crippen LogP contribution in [0.3, 0.4) is 0 Å². The molecule has 292 valence electrons. The van der Waals surface area contributed by atoms with Gasteiger partial charge in [0.15, 0.2) is 0 Å². The maximum atomic E-state index is 2.43. The molecule has 0 saturated heterocycles. The van der Waals surface area contributed by atoms with E-state index >= 15 is 0 Å². The molecule has 1 aromatic heterocycles. The van der Waals surface area contributed by atoms with Crippen LogP contribution in [0.15, 0.2) is 206 Å². The van der Waals surface area contributed by atoms with Crippen molar-refractivity contribution in [3.8, 4) is 50.2 Å². The van der Waals surface area contributed by atoms with Crippen LogP contribution in [0.4, 0.5) is 17.1 Å². The van der Waals surface area contributed by atoms with Crippen LogP contribution >= 0.6 is 0 Å². The Kier molecular flexibility index (Phi) is 8.65. The Hall–Kier alpha value is -7.42. The van der Waals surface area contributed by atoms with E-state index in [9.17, 15) is 0 Å². The average molecular weight is 783 g/mol. The second-order valence-electron chi connectivity index (χ2n) is 17.2. The molecule has 0 saturated carbocycles. The van der Waals surface area contributed by atoms with Gasteiger partial charge in [-0.15, -0.1) is 0 Å². The Morgan fingerprint density at radius 3 is 1.34 bits per heavy atom. The van der Waals surface area contributed by atoms with Crippen LogP contribution in [0.2, 0.25) is 0 Å². The van der Waals surface area contributed by atoms with Gasteiger partial charge in [0.05, 0.1) is 11.0 Å². The van der Waals surface area contributed by atoms with Crippen molar-refractivity contribution in [1.29, 1.82) is 0 Å². The van der Waals surface area contributed by atoms with Gasteiger partial charge >= 0.3 is 0 Å². The number of nitrogens with zero attached hydrogens (tertiary/aromatic N) is 2. The Bertz CT molecular complexity index is 3190. The zero-order chi connectivity index (χ0) is 41.2. The van der Waals surface area contributed by atoms with E-state index in [1.54, 1.807) is 0 Å². The molecular weight excluding hydrogens is 737 g/mol. The summed E-state index contributed by atoms with van der Waals surface area (Å²) in [6.45, 7) is 9.09. The number of aryl methyl sites for hydroxylation is 2. The molecule has 0 fully saturated rings. The summed E-state index contributed by atoms with van der Waals surface area (Å²) < 4.78 is 2.43. The van der Waals surface area contributed by atoms with Gasteiger partial charge in [-0.2, -0.15) is 0 Å². The molecule has 0 N–H and O–H groups in total. The van der Waals surface area contributed by atoms with Crippen molar-refractivity contribution in [1.82, 2.24) is 4.57 Å². The zero-order valence-corrected chi connectivity index (χ0v) is 35.0. The number of hydrogen-bond donors (Lipinski definition) is 0. The minimum absolute atomic E-state index is 0.198. The van der Waals surface area contributed by atoms with Crippen molar-refractivity contribution in [2.75, 3.05) is 4.90 Å². The maximum Gasteiger partial charge on any atom is 0.0541 e. The molecule has 0 aliphatic heterocycles. The minimum atomic E-state index is -0.198. The fourth-order valence-corrected chi connectivity index (χ4v) is 9.87. The summed E-state index contributed by atoms with van der Waals surface area (Å²) >= 11 is 0. The van der Waals surface area contributed by atoms with E-state index < -0.39 is 0 Å². The van der Waals surface area contributed by atoms with Gasteiger partial charge in [-0.05, 0) is 130 Å². The smallest absolute Gasteiger partial charge is 0.0541 e. The molecule has 0 amide bonds. The first-order valence-electron chi connectivity index (χ1n) is 21.3. The molecule has 0 bridgehead atoms. The summed E-state index contributed by atoms with van der Waals surface area (Å²) in [6.07, 6.45) is 0. The van der Waals surface area contributed by atoms with Gasteiger partial charge in [0, 0.05) is 38.9 Å². The van der Waals surface area contributed by atoms with Gasteiger partial charge in [-0.3, -0.25) is 0 Å². The summed E-state index contributed by atoms with van der Waals surface area (Å²) in [7, 11) is 0. The van der Waals surface area contributed by atoms with Gasteiger partial charge in [0.25, 0.3) is 0 Å². The quantitative estimate of drug-likeness (QED) is 0.156. The van der Waals surface area contributed by atoms with E-state index in [4.69, 9.17) is 0 Å². The summed E-state index contributed by atoms with van der Waals surface area (Å²) in [5, 5.41) is 2.56. The molecule has 0 unspecified atom stereocenters. The molecule has 1 heterocycles. The molecule has 0 atom stereocenters. The number of aromatic nitrogens is 1. The molecule has 0 radical (unpaired) electrons. The standard InChI is InChI=1S/C59H46N2/c1-39-34-40(2)36-46(35-39)45-24-22-42(23-25-45)41-18-20-43(21-19-41)44-26-28-48(29-27-44)60(47-12-6-5-7-13-47)49-30-32-51-52-33-31-50(38-56(52)59(3,4)55(51)37-49)61-57-16-10-8-14-53(57)54-15-9-11-17-58(54)61/h5-38H,1-4H3. The van der Waals surface area contributed by atoms with E-state index in [0.717, 1.165) is 17.1 Å². The van der Waals surface area contributed by atoms with E-state index in [-0.39, 0.29) is 5.41 Å². The van der Waals surface area contributed by atoms with Crippen molar-refractivity contribution in [3.63, 3.8) is 0 Å². The van der Waals surface area contributed by atoms with E-state index in [0.29, 0.717) is 0 Å². The lowest BCUT2D eigenvalue weighted by Gasteiger charge is -2.28. The third-order valence-electron chi connectivity index (χ3n) is 12.9. The number of anilines is 3. The molecule has 2 heteroatoms. The number of benzene rings is 9. The Morgan fingerprint density at radius 1 is 0.361 bits per heavy atom. The lowest BCUT2D eigenvalue weighted by atomic mass is 9.82. The third-order valence-corrected chi connectivity index (χ3v) is 12.9. The predicted octanol–water partition coefficient (Wildman–Crippen LogP) is 16.2. The van der Waals surface area contributed by atoms with E-state index in [1.807, 2.05) is 0 Å². The van der Waals surface area contributed by atoms with Crippen molar-refractivity contribution in [3.05, 3.63) is 229 Å². The zero-order valence-electron chi connectivity index (χ0n) is 35.0. The normalized spacial score (nSPS) is 12.7. The molecule has 11 rings (SSSR count). The second kappa shape index (κ2) is 14.4. The molecule has 9 aromatic carbocycles. The molecule has 0 spiro atoms. The Balaban J connectivity index is 0.898. The maximum absolute atomic E-state index is 2.43. The molecule has 1 aliphatic carbocycles. The SMILES string of the molecule is Cc1cc(C)cc(-c2ccc(-c3ccc(-c4ccc(N(c5ccccc5)c5ccc6c(c5)C(C)(C)c5cc(-n7c8ccccc8c8ccccc87)ccc5-6)cc4)cc3)cc2)c1. The summed E-state index contributed by atoms with van der Waals surface area (Å²) in [5.74, 6) is 0. The highest BCUT2D eigenvalue weighted by Gasteiger charge is 2.36. The molecular formula is C59H46N2. The number of hydrogen-bond acceptors (Lipinski definition) is 1. The van der Waals surface area contributed by atoms with Crippen LogP contribution in [0.5, 0.6) is 0 Å². The first-order chi connectivity index (χ1) is 29.8. The van der Waals surface area contributed by atoms with Gasteiger partial charge in [0.1, 0.15) is 0 Å². The minimum Gasteiger partial charge on any atom is -0.310 e. The fraction of sp³-hybridized carbons (Fsp3) is 0.0847. The first kappa shape index (κ1) is 36.6.